The third-order valence-corrected chi connectivity index (χ3v) is 2.02. The molecule has 0 saturated heterocycles. The molecule has 4 N–H and O–H groups in total. The number of carbonyl (C=O) groups is 1. The number of nitrogens with zero attached hydrogens (tertiary/aromatic N) is 6. The fraction of sp³-hybridized carbons (Fsp3) is 0. The van der Waals surface area contributed by atoms with Gasteiger partial charge in [-0.3, -0.25) is 0 Å². The third-order valence-electron chi connectivity index (χ3n) is 2.02. The predicted molar refractivity (Wildman–Crippen MR) is 62.8 cm³/mol. The summed E-state index contributed by atoms with van der Waals surface area (Å²) in [6.07, 6.45) is 2.93. The molecule has 9 heteroatoms. The first-order valence-electron chi connectivity index (χ1n) is 4.89. The van der Waals surface area contributed by atoms with E-state index in [2.05, 4.69) is 20.4 Å². The van der Waals surface area contributed by atoms with E-state index in [4.69, 9.17) is 11.7 Å². The van der Waals surface area contributed by atoms with E-state index >= 15 is 0 Å². The number of anilines is 2. The van der Waals surface area contributed by atoms with Gasteiger partial charge < -0.3 is 0 Å². The van der Waals surface area contributed by atoms with Crippen molar-refractivity contribution in [2.75, 3.05) is 10.0 Å². The Morgan fingerprint density at radius 3 is 1.72 bits per heavy atom. The average molecular weight is 246 g/mol. The molecule has 0 aromatic carbocycles. The number of aromatic nitrogens is 4. The first-order valence-corrected chi connectivity index (χ1v) is 4.89. The highest BCUT2D eigenvalue weighted by Crippen LogP contribution is 2.09. The third kappa shape index (κ3) is 2.36. The maximum absolute atomic E-state index is 11.9. The summed E-state index contributed by atoms with van der Waals surface area (Å²) < 4.78 is 0. The first-order chi connectivity index (χ1) is 8.70. The van der Waals surface area contributed by atoms with Crippen molar-refractivity contribution in [3.63, 3.8) is 0 Å². The smallest absolute Gasteiger partial charge is 0.244 e. The van der Waals surface area contributed by atoms with Crippen LogP contribution in [0.5, 0.6) is 0 Å². The molecule has 92 valence electrons. The number of urea groups is 1. The van der Waals surface area contributed by atoms with Crippen LogP contribution in [0.1, 0.15) is 0 Å². The zero-order chi connectivity index (χ0) is 13.0. The van der Waals surface area contributed by atoms with Crippen LogP contribution >= 0.6 is 0 Å². The van der Waals surface area contributed by atoms with Crippen LogP contribution in [0.2, 0.25) is 0 Å². The summed E-state index contributed by atoms with van der Waals surface area (Å²) in [5.41, 5.74) is 0. The van der Waals surface area contributed by atoms with Crippen LogP contribution in [0.15, 0.2) is 36.7 Å². The fourth-order valence-corrected chi connectivity index (χ4v) is 1.16. The second kappa shape index (κ2) is 5.12. The molecule has 0 unspecified atom stereocenters. The van der Waals surface area contributed by atoms with Crippen LogP contribution in [-0.4, -0.2) is 26.4 Å². The van der Waals surface area contributed by atoms with Crippen LogP contribution in [-0.2, 0) is 0 Å². The van der Waals surface area contributed by atoms with Crippen molar-refractivity contribution >= 4 is 17.7 Å². The van der Waals surface area contributed by atoms with Crippen LogP contribution in [0.25, 0.3) is 0 Å². The molecule has 2 amide bonds. The van der Waals surface area contributed by atoms with Crippen molar-refractivity contribution in [1.82, 2.24) is 20.4 Å². The molecule has 0 aliphatic carbocycles. The van der Waals surface area contributed by atoms with E-state index in [1.807, 2.05) is 0 Å². The fourth-order valence-electron chi connectivity index (χ4n) is 1.16. The summed E-state index contributed by atoms with van der Waals surface area (Å²) in [7, 11) is 0. The lowest BCUT2D eigenvalue weighted by Gasteiger charge is -2.21. The molecule has 0 atom stereocenters. The second-order valence-corrected chi connectivity index (χ2v) is 3.19. The number of nitrogens with two attached hydrogens (primary N) is 2. The van der Waals surface area contributed by atoms with E-state index in [1.165, 1.54) is 24.5 Å². The van der Waals surface area contributed by atoms with Gasteiger partial charge in [0.2, 0.25) is 0 Å². The topological polar surface area (TPSA) is 127 Å². The molecule has 0 fully saturated rings. The number of hydrogen-bond acceptors (Lipinski definition) is 7. The van der Waals surface area contributed by atoms with Gasteiger partial charge in [-0.05, 0) is 24.3 Å². The van der Waals surface area contributed by atoms with Gasteiger partial charge in [-0.2, -0.15) is 10.2 Å². The Labute approximate surface area is 102 Å². The molecule has 9 nitrogen and oxygen atoms in total. The quantitative estimate of drug-likeness (QED) is 0.413. The van der Waals surface area contributed by atoms with E-state index in [0.29, 0.717) is 0 Å². The van der Waals surface area contributed by atoms with Crippen molar-refractivity contribution in [3.05, 3.63) is 36.7 Å². The molecule has 2 rings (SSSR count). The number of rotatable bonds is 2. The maximum atomic E-state index is 11.9. The minimum atomic E-state index is -0.712. The molecular weight excluding hydrogens is 236 g/mol. The van der Waals surface area contributed by atoms with Gasteiger partial charge in [-0.1, -0.05) is 0 Å². The highest BCUT2D eigenvalue weighted by molar-refractivity contribution is 6.00. The van der Waals surface area contributed by atoms with Crippen molar-refractivity contribution < 1.29 is 4.79 Å². The van der Waals surface area contributed by atoms with Gasteiger partial charge in [0.1, 0.15) is 0 Å². The maximum Gasteiger partial charge on any atom is 0.360 e. The van der Waals surface area contributed by atoms with Crippen LogP contribution < -0.4 is 21.7 Å². The Morgan fingerprint density at radius 1 is 0.944 bits per heavy atom. The van der Waals surface area contributed by atoms with Gasteiger partial charge in [0.25, 0.3) is 0 Å². The van der Waals surface area contributed by atoms with Gasteiger partial charge in [0.15, 0.2) is 11.6 Å². The van der Waals surface area contributed by atoms with Crippen molar-refractivity contribution in [1.29, 1.82) is 0 Å². The second-order valence-electron chi connectivity index (χ2n) is 3.19. The lowest BCUT2D eigenvalue weighted by molar-refractivity contribution is 0.251. The van der Waals surface area contributed by atoms with E-state index in [0.717, 1.165) is 10.0 Å². The molecule has 2 aromatic rings. The van der Waals surface area contributed by atoms with E-state index in [1.54, 1.807) is 12.1 Å². The van der Waals surface area contributed by atoms with Crippen LogP contribution in [0.3, 0.4) is 0 Å². The Kier molecular flexibility index (Phi) is 3.36. The molecule has 2 aromatic heterocycles. The van der Waals surface area contributed by atoms with Crippen molar-refractivity contribution in [2.24, 2.45) is 11.7 Å². The molecule has 18 heavy (non-hydrogen) atoms. The van der Waals surface area contributed by atoms with Gasteiger partial charge >= 0.3 is 6.03 Å². The van der Waals surface area contributed by atoms with Gasteiger partial charge in [-0.25, -0.2) is 26.5 Å². The standard InChI is InChI=1S/C9H10N8O/c10-16(7-3-1-5-12-14-7)9(18)17(11)8-4-2-6-13-15-8/h1-6H,10-11H2. The Hall–Kier alpha value is -2.65. The summed E-state index contributed by atoms with van der Waals surface area (Å²) in [5, 5.41) is 16.1. The lowest BCUT2D eigenvalue weighted by Crippen LogP contribution is -2.51. The van der Waals surface area contributed by atoms with Crippen LogP contribution in [0.4, 0.5) is 16.4 Å². The highest BCUT2D eigenvalue weighted by Gasteiger charge is 2.20. The number of hydrazine groups is 2. The summed E-state index contributed by atoms with van der Waals surface area (Å²) in [5.74, 6) is 11.5. The van der Waals surface area contributed by atoms with Crippen molar-refractivity contribution in [2.45, 2.75) is 0 Å². The SMILES string of the molecule is NN(C(=O)N(N)c1cccnn1)c1cccnn1. The van der Waals surface area contributed by atoms with Gasteiger partial charge in [-0.15, -0.1) is 10.2 Å². The van der Waals surface area contributed by atoms with E-state index in [9.17, 15) is 4.79 Å². The highest BCUT2D eigenvalue weighted by atomic mass is 16.2. The first kappa shape index (κ1) is 11.8. The molecular formula is C9H10N8O. The predicted octanol–water partition coefficient (Wildman–Crippen LogP) is -0.553. The summed E-state index contributed by atoms with van der Waals surface area (Å²) >= 11 is 0. The molecule has 0 radical (unpaired) electrons. The van der Waals surface area contributed by atoms with Crippen LogP contribution in [0, 0.1) is 0 Å². The molecule has 0 aliphatic rings. The largest absolute Gasteiger partial charge is 0.360 e. The molecule has 0 bridgehead atoms. The average Bonchev–Trinajstić information content (AvgIpc) is 2.47. The lowest BCUT2D eigenvalue weighted by atomic mass is 10.5. The van der Waals surface area contributed by atoms with E-state index < -0.39 is 6.03 Å². The van der Waals surface area contributed by atoms with Crippen molar-refractivity contribution in [3.8, 4) is 0 Å². The summed E-state index contributed by atoms with van der Waals surface area (Å²) in [4.78, 5) is 11.9. The minimum Gasteiger partial charge on any atom is -0.244 e. The Bertz CT molecular complexity index is 471. The Morgan fingerprint density at radius 2 is 1.39 bits per heavy atom. The summed E-state index contributed by atoms with van der Waals surface area (Å²) in [6.45, 7) is 0. The van der Waals surface area contributed by atoms with Gasteiger partial charge in [0.05, 0.1) is 0 Å². The monoisotopic (exact) mass is 246 g/mol. The molecule has 0 saturated carbocycles. The number of amides is 2. The molecule has 0 aliphatic heterocycles. The molecule has 2 heterocycles. The number of carbonyl (C=O) groups excluding carboxylic acids is 1. The molecule has 0 spiro atoms. The van der Waals surface area contributed by atoms with Gasteiger partial charge in [0, 0.05) is 12.4 Å². The Balaban J connectivity index is 2.17. The normalized spacial score (nSPS) is 9.89. The zero-order valence-corrected chi connectivity index (χ0v) is 9.21. The summed E-state index contributed by atoms with van der Waals surface area (Å²) in [6, 6.07) is 5.53. The minimum absolute atomic E-state index is 0.168. The number of hydrogen-bond donors (Lipinski definition) is 2. The zero-order valence-electron chi connectivity index (χ0n) is 9.21. The van der Waals surface area contributed by atoms with E-state index in [-0.39, 0.29) is 11.6 Å².